The summed E-state index contributed by atoms with van der Waals surface area (Å²) in [5.41, 5.74) is 8.63. The molecule has 0 amide bonds. The minimum Gasteiger partial charge on any atom is -0.489 e. The van der Waals surface area contributed by atoms with Crippen molar-refractivity contribution in [3.63, 3.8) is 0 Å². The highest BCUT2D eigenvalue weighted by atomic mass is 16.5. The third-order valence-electron chi connectivity index (χ3n) is 2.47. The molecule has 1 heterocycles. The van der Waals surface area contributed by atoms with E-state index in [0.717, 1.165) is 22.6 Å². The molecule has 2 aromatic rings. The van der Waals surface area contributed by atoms with Crippen molar-refractivity contribution < 1.29 is 4.74 Å². The lowest BCUT2D eigenvalue weighted by molar-refractivity contribution is 0.304. The van der Waals surface area contributed by atoms with E-state index in [1.807, 2.05) is 37.3 Å². The SMILES string of the molecule is Cc1c(N)cccc1OCc1ccncc1. The zero-order valence-electron chi connectivity index (χ0n) is 9.18. The van der Waals surface area contributed by atoms with Crippen molar-refractivity contribution in [2.45, 2.75) is 13.5 Å². The Labute approximate surface area is 94.9 Å². The standard InChI is InChI=1S/C13H14N2O/c1-10-12(14)3-2-4-13(10)16-9-11-5-7-15-8-6-11/h2-8H,9,14H2,1H3. The number of nitrogens with zero attached hydrogens (tertiary/aromatic N) is 1. The molecule has 2 rings (SSSR count). The Hall–Kier alpha value is -2.03. The Bertz CT molecular complexity index is 469. The fraction of sp³-hybridized carbons (Fsp3) is 0.154. The number of aromatic nitrogens is 1. The Balaban J connectivity index is 2.08. The second-order valence-electron chi connectivity index (χ2n) is 3.61. The molecule has 0 aliphatic carbocycles. The Morgan fingerprint density at radius 2 is 1.94 bits per heavy atom. The van der Waals surface area contributed by atoms with Crippen LogP contribution < -0.4 is 10.5 Å². The van der Waals surface area contributed by atoms with Gasteiger partial charge in [0.2, 0.25) is 0 Å². The number of hydrogen-bond acceptors (Lipinski definition) is 3. The first-order chi connectivity index (χ1) is 7.77. The first kappa shape index (κ1) is 10.5. The number of rotatable bonds is 3. The summed E-state index contributed by atoms with van der Waals surface area (Å²) in [6.07, 6.45) is 3.51. The van der Waals surface area contributed by atoms with Gasteiger partial charge in [0.1, 0.15) is 12.4 Å². The van der Waals surface area contributed by atoms with Crippen LogP contribution in [0.3, 0.4) is 0 Å². The minimum atomic E-state index is 0.535. The molecule has 0 fully saturated rings. The highest BCUT2D eigenvalue weighted by Gasteiger charge is 2.02. The van der Waals surface area contributed by atoms with E-state index in [1.54, 1.807) is 12.4 Å². The normalized spacial score (nSPS) is 10.1. The molecular weight excluding hydrogens is 200 g/mol. The summed E-state index contributed by atoms with van der Waals surface area (Å²) < 4.78 is 5.70. The van der Waals surface area contributed by atoms with Crippen LogP contribution in [-0.2, 0) is 6.61 Å². The van der Waals surface area contributed by atoms with Gasteiger partial charge in [0.25, 0.3) is 0 Å². The highest BCUT2D eigenvalue weighted by molar-refractivity contribution is 5.53. The van der Waals surface area contributed by atoms with Gasteiger partial charge in [-0.25, -0.2) is 0 Å². The molecule has 0 atom stereocenters. The van der Waals surface area contributed by atoms with Gasteiger partial charge < -0.3 is 10.5 Å². The molecule has 2 N–H and O–H groups in total. The second-order valence-corrected chi connectivity index (χ2v) is 3.61. The molecule has 0 saturated heterocycles. The van der Waals surface area contributed by atoms with Crippen molar-refractivity contribution in [2.75, 3.05) is 5.73 Å². The molecule has 16 heavy (non-hydrogen) atoms. The van der Waals surface area contributed by atoms with E-state index in [4.69, 9.17) is 10.5 Å². The van der Waals surface area contributed by atoms with Crippen molar-refractivity contribution in [3.05, 3.63) is 53.9 Å². The van der Waals surface area contributed by atoms with E-state index in [9.17, 15) is 0 Å². The van der Waals surface area contributed by atoms with Crippen LogP contribution in [0.1, 0.15) is 11.1 Å². The minimum absolute atomic E-state index is 0.535. The zero-order valence-corrected chi connectivity index (χ0v) is 9.18. The van der Waals surface area contributed by atoms with Crippen molar-refractivity contribution in [3.8, 4) is 5.75 Å². The number of hydrogen-bond donors (Lipinski definition) is 1. The fourth-order valence-corrected chi connectivity index (χ4v) is 1.43. The van der Waals surface area contributed by atoms with Crippen molar-refractivity contribution in [1.82, 2.24) is 4.98 Å². The summed E-state index contributed by atoms with van der Waals surface area (Å²) in [4.78, 5) is 3.96. The van der Waals surface area contributed by atoms with Gasteiger partial charge >= 0.3 is 0 Å². The predicted octanol–water partition coefficient (Wildman–Crippen LogP) is 2.55. The molecule has 0 spiro atoms. The Kier molecular flexibility index (Phi) is 3.05. The maximum atomic E-state index is 5.80. The number of benzene rings is 1. The zero-order chi connectivity index (χ0) is 11.4. The summed E-state index contributed by atoms with van der Waals surface area (Å²) >= 11 is 0. The van der Waals surface area contributed by atoms with Crippen LogP contribution in [0.2, 0.25) is 0 Å². The van der Waals surface area contributed by atoms with Gasteiger partial charge in [0, 0.05) is 23.6 Å². The van der Waals surface area contributed by atoms with Crippen LogP contribution in [0.25, 0.3) is 0 Å². The van der Waals surface area contributed by atoms with Crippen molar-refractivity contribution in [1.29, 1.82) is 0 Å². The van der Waals surface area contributed by atoms with E-state index < -0.39 is 0 Å². The molecule has 0 unspecified atom stereocenters. The number of nitrogens with two attached hydrogens (primary N) is 1. The molecule has 0 saturated carbocycles. The molecule has 1 aromatic carbocycles. The van der Waals surface area contributed by atoms with Crippen LogP contribution in [0.15, 0.2) is 42.7 Å². The van der Waals surface area contributed by atoms with Crippen LogP contribution in [0.4, 0.5) is 5.69 Å². The fourth-order valence-electron chi connectivity index (χ4n) is 1.43. The molecule has 0 radical (unpaired) electrons. The van der Waals surface area contributed by atoms with Gasteiger partial charge in [-0.3, -0.25) is 4.98 Å². The van der Waals surface area contributed by atoms with Gasteiger partial charge in [-0.05, 0) is 36.8 Å². The average Bonchev–Trinajstić information content (AvgIpc) is 2.32. The van der Waals surface area contributed by atoms with E-state index in [1.165, 1.54) is 0 Å². The molecule has 82 valence electrons. The molecule has 0 aliphatic heterocycles. The smallest absolute Gasteiger partial charge is 0.124 e. The van der Waals surface area contributed by atoms with E-state index in [2.05, 4.69) is 4.98 Å². The number of pyridine rings is 1. The lowest BCUT2D eigenvalue weighted by Gasteiger charge is -2.10. The summed E-state index contributed by atoms with van der Waals surface area (Å²) in [6, 6.07) is 9.55. The van der Waals surface area contributed by atoms with Gasteiger partial charge in [0.05, 0.1) is 0 Å². The van der Waals surface area contributed by atoms with Gasteiger partial charge in [-0.1, -0.05) is 6.07 Å². The summed E-state index contributed by atoms with van der Waals surface area (Å²) in [5.74, 6) is 0.830. The first-order valence-electron chi connectivity index (χ1n) is 5.14. The Morgan fingerprint density at radius 1 is 1.19 bits per heavy atom. The molecule has 3 heteroatoms. The third kappa shape index (κ3) is 2.31. The molecule has 0 aliphatic rings. The lowest BCUT2D eigenvalue weighted by atomic mass is 10.2. The molecule has 0 bridgehead atoms. The average molecular weight is 214 g/mol. The quantitative estimate of drug-likeness (QED) is 0.799. The maximum absolute atomic E-state index is 5.80. The van der Waals surface area contributed by atoms with Crippen LogP contribution >= 0.6 is 0 Å². The summed E-state index contributed by atoms with van der Waals surface area (Å²) in [6.45, 7) is 2.49. The van der Waals surface area contributed by atoms with E-state index in [0.29, 0.717) is 6.61 Å². The molecule has 3 nitrogen and oxygen atoms in total. The number of nitrogen functional groups attached to an aromatic ring is 1. The highest BCUT2D eigenvalue weighted by Crippen LogP contribution is 2.23. The van der Waals surface area contributed by atoms with Gasteiger partial charge in [0.15, 0.2) is 0 Å². The largest absolute Gasteiger partial charge is 0.489 e. The number of anilines is 1. The summed E-state index contributed by atoms with van der Waals surface area (Å²) in [7, 11) is 0. The van der Waals surface area contributed by atoms with Gasteiger partial charge in [-0.2, -0.15) is 0 Å². The van der Waals surface area contributed by atoms with E-state index >= 15 is 0 Å². The predicted molar refractivity (Wildman–Crippen MR) is 64.2 cm³/mol. The maximum Gasteiger partial charge on any atom is 0.124 e. The lowest BCUT2D eigenvalue weighted by Crippen LogP contribution is -1.99. The van der Waals surface area contributed by atoms with Crippen LogP contribution in [0.5, 0.6) is 5.75 Å². The topological polar surface area (TPSA) is 48.1 Å². The Morgan fingerprint density at radius 3 is 2.69 bits per heavy atom. The second kappa shape index (κ2) is 4.66. The first-order valence-corrected chi connectivity index (χ1v) is 5.14. The molecular formula is C13H14N2O. The monoisotopic (exact) mass is 214 g/mol. The van der Waals surface area contributed by atoms with Gasteiger partial charge in [-0.15, -0.1) is 0 Å². The van der Waals surface area contributed by atoms with Crippen LogP contribution in [0, 0.1) is 6.92 Å². The summed E-state index contributed by atoms with van der Waals surface area (Å²) in [5, 5.41) is 0. The van der Waals surface area contributed by atoms with Crippen molar-refractivity contribution in [2.24, 2.45) is 0 Å². The number of ether oxygens (including phenoxy) is 1. The van der Waals surface area contributed by atoms with Crippen molar-refractivity contribution >= 4 is 5.69 Å². The molecule has 1 aromatic heterocycles. The third-order valence-corrected chi connectivity index (χ3v) is 2.47. The van der Waals surface area contributed by atoms with Crippen LogP contribution in [-0.4, -0.2) is 4.98 Å². The van der Waals surface area contributed by atoms with E-state index in [-0.39, 0.29) is 0 Å².